The third-order valence-corrected chi connectivity index (χ3v) is 4.42. The Morgan fingerprint density at radius 1 is 1.27 bits per heavy atom. The number of rotatable bonds is 3. The molecule has 0 radical (unpaired) electrons. The van der Waals surface area contributed by atoms with Gasteiger partial charge in [0.1, 0.15) is 5.82 Å². The first-order chi connectivity index (χ1) is 10.6. The number of likely N-dealkylation sites (tertiary alicyclic amines) is 1. The molecule has 5 heteroatoms. The summed E-state index contributed by atoms with van der Waals surface area (Å²) < 4.78 is 13.7. The fourth-order valence-electron chi connectivity index (χ4n) is 3.20. The minimum absolute atomic E-state index is 0.237. The highest BCUT2D eigenvalue weighted by Gasteiger charge is 2.23. The number of nitrogens with zero attached hydrogens (tertiary/aromatic N) is 3. The number of benzene rings is 1. The summed E-state index contributed by atoms with van der Waals surface area (Å²) in [6.07, 6.45) is 7.29. The predicted octanol–water partition coefficient (Wildman–Crippen LogP) is 2.89. The van der Waals surface area contributed by atoms with Crippen molar-refractivity contribution in [2.75, 3.05) is 18.8 Å². The summed E-state index contributed by atoms with van der Waals surface area (Å²) in [4.78, 5) is 10.8. The third-order valence-electron chi connectivity index (χ3n) is 4.42. The minimum atomic E-state index is -0.303. The zero-order chi connectivity index (χ0) is 15.5. The first-order valence-corrected chi connectivity index (χ1v) is 7.66. The van der Waals surface area contributed by atoms with Gasteiger partial charge in [0, 0.05) is 25.1 Å². The van der Waals surface area contributed by atoms with Crippen molar-refractivity contribution in [2.45, 2.75) is 32.2 Å². The number of hydrogen-bond acceptors (Lipinski definition) is 4. The van der Waals surface area contributed by atoms with Crippen molar-refractivity contribution in [3.63, 3.8) is 0 Å². The number of anilines is 1. The zero-order valence-electron chi connectivity index (χ0n) is 12.8. The first kappa shape index (κ1) is 14.9. The average molecular weight is 300 g/mol. The molecule has 1 aromatic carbocycles. The summed E-state index contributed by atoms with van der Waals surface area (Å²) in [5.74, 6) is 0.107. The smallest absolute Gasteiger partial charge is 0.146 e. The number of aryl methyl sites for hydroxylation is 1. The molecular weight excluding hydrogens is 279 g/mol. The maximum atomic E-state index is 13.7. The Morgan fingerprint density at radius 3 is 2.73 bits per heavy atom. The standard InChI is InChI=1S/C17H21FN4/c1-12-8-17(19)16(18)9-15(12)13-2-6-22(7-3-13)11-14-10-20-4-5-21-14/h4-5,8-10,13H,2-3,6-7,11,19H2,1H3. The second kappa shape index (κ2) is 6.40. The van der Waals surface area contributed by atoms with Crippen LogP contribution in [0, 0.1) is 12.7 Å². The van der Waals surface area contributed by atoms with Gasteiger partial charge in [-0.2, -0.15) is 0 Å². The normalized spacial score (nSPS) is 16.8. The highest BCUT2D eigenvalue weighted by molar-refractivity contribution is 5.47. The van der Waals surface area contributed by atoms with Crippen molar-refractivity contribution in [3.8, 4) is 0 Å². The summed E-state index contributed by atoms with van der Waals surface area (Å²) in [7, 11) is 0. The molecule has 0 saturated carbocycles. The molecule has 0 aliphatic carbocycles. The van der Waals surface area contributed by atoms with Crippen LogP contribution in [0.1, 0.15) is 35.6 Å². The van der Waals surface area contributed by atoms with E-state index in [4.69, 9.17) is 5.73 Å². The molecule has 2 N–H and O–H groups in total. The lowest BCUT2D eigenvalue weighted by atomic mass is 9.86. The molecule has 3 rings (SSSR count). The van der Waals surface area contributed by atoms with E-state index in [0.29, 0.717) is 5.92 Å². The van der Waals surface area contributed by atoms with Crippen LogP contribution in [0.15, 0.2) is 30.7 Å². The zero-order valence-corrected chi connectivity index (χ0v) is 12.8. The molecule has 0 unspecified atom stereocenters. The quantitative estimate of drug-likeness (QED) is 0.886. The number of piperidine rings is 1. The Labute approximate surface area is 130 Å². The van der Waals surface area contributed by atoms with Gasteiger partial charge in [-0.25, -0.2) is 4.39 Å². The molecule has 0 atom stereocenters. The van der Waals surface area contributed by atoms with Crippen molar-refractivity contribution in [2.24, 2.45) is 0 Å². The second-order valence-corrected chi connectivity index (χ2v) is 5.98. The Bertz CT molecular complexity index is 637. The van der Waals surface area contributed by atoms with Gasteiger partial charge in [-0.05, 0) is 62.0 Å². The minimum Gasteiger partial charge on any atom is -0.396 e. The van der Waals surface area contributed by atoms with E-state index in [1.54, 1.807) is 24.5 Å². The SMILES string of the molecule is Cc1cc(N)c(F)cc1C1CCN(Cc2cnccn2)CC1. The molecule has 1 saturated heterocycles. The van der Waals surface area contributed by atoms with Crippen LogP contribution in [0.25, 0.3) is 0 Å². The molecule has 2 heterocycles. The lowest BCUT2D eigenvalue weighted by Crippen LogP contribution is -2.33. The number of aromatic nitrogens is 2. The number of nitrogens with two attached hydrogens (primary N) is 1. The lowest BCUT2D eigenvalue weighted by Gasteiger charge is -2.32. The Kier molecular flexibility index (Phi) is 4.34. The maximum absolute atomic E-state index is 13.7. The van der Waals surface area contributed by atoms with Crippen LogP contribution in [-0.2, 0) is 6.54 Å². The molecule has 116 valence electrons. The van der Waals surface area contributed by atoms with E-state index >= 15 is 0 Å². The van der Waals surface area contributed by atoms with Gasteiger partial charge in [0.2, 0.25) is 0 Å². The predicted molar refractivity (Wildman–Crippen MR) is 84.8 cm³/mol. The summed E-state index contributed by atoms with van der Waals surface area (Å²) in [5, 5.41) is 0. The van der Waals surface area contributed by atoms with Crippen LogP contribution in [-0.4, -0.2) is 28.0 Å². The maximum Gasteiger partial charge on any atom is 0.146 e. The van der Waals surface area contributed by atoms with Crippen LogP contribution < -0.4 is 5.73 Å². The Morgan fingerprint density at radius 2 is 2.05 bits per heavy atom. The molecule has 0 spiro atoms. The molecule has 2 aromatic rings. The van der Waals surface area contributed by atoms with Crippen LogP contribution >= 0.6 is 0 Å². The van der Waals surface area contributed by atoms with E-state index in [1.165, 1.54) is 0 Å². The molecule has 22 heavy (non-hydrogen) atoms. The van der Waals surface area contributed by atoms with E-state index in [1.807, 2.05) is 13.1 Å². The van der Waals surface area contributed by atoms with Crippen LogP contribution in [0.4, 0.5) is 10.1 Å². The third kappa shape index (κ3) is 3.25. The van der Waals surface area contributed by atoms with E-state index < -0.39 is 0 Å². The van der Waals surface area contributed by atoms with Gasteiger partial charge in [-0.1, -0.05) is 0 Å². The number of halogens is 1. The number of hydrogen-bond donors (Lipinski definition) is 1. The summed E-state index contributed by atoms with van der Waals surface area (Å²) in [5.41, 5.74) is 9.06. The van der Waals surface area contributed by atoms with Gasteiger partial charge in [-0.3, -0.25) is 14.9 Å². The van der Waals surface area contributed by atoms with E-state index in [9.17, 15) is 4.39 Å². The van der Waals surface area contributed by atoms with Crippen LogP contribution in [0.2, 0.25) is 0 Å². The second-order valence-electron chi connectivity index (χ2n) is 5.98. The number of nitrogen functional groups attached to an aromatic ring is 1. The fourth-order valence-corrected chi connectivity index (χ4v) is 3.20. The lowest BCUT2D eigenvalue weighted by molar-refractivity contribution is 0.202. The molecule has 1 aliphatic rings. The van der Waals surface area contributed by atoms with Crippen molar-refractivity contribution < 1.29 is 4.39 Å². The monoisotopic (exact) mass is 300 g/mol. The van der Waals surface area contributed by atoms with Gasteiger partial charge < -0.3 is 5.73 Å². The van der Waals surface area contributed by atoms with Gasteiger partial charge in [0.25, 0.3) is 0 Å². The largest absolute Gasteiger partial charge is 0.396 e. The first-order valence-electron chi connectivity index (χ1n) is 7.66. The van der Waals surface area contributed by atoms with Crippen molar-refractivity contribution in [1.29, 1.82) is 0 Å². The van der Waals surface area contributed by atoms with Crippen LogP contribution in [0.5, 0.6) is 0 Å². The van der Waals surface area contributed by atoms with E-state index in [2.05, 4.69) is 14.9 Å². The topological polar surface area (TPSA) is 55.0 Å². The molecule has 1 aliphatic heterocycles. The molecule has 0 amide bonds. The van der Waals surface area contributed by atoms with E-state index in [0.717, 1.165) is 49.3 Å². The highest BCUT2D eigenvalue weighted by atomic mass is 19.1. The van der Waals surface area contributed by atoms with Crippen molar-refractivity contribution in [1.82, 2.24) is 14.9 Å². The van der Waals surface area contributed by atoms with Gasteiger partial charge in [-0.15, -0.1) is 0 Å². The summed E-state index contributed by atoms with van der Waals surface area (Å²) in [6, 6.07) is 3.37. The molecular formula is C17H21FN4. The van der Waals surface area contributed by atoms with E-state index in [-0.39, 0.29) is 11.5 Å². The van der Waals surface area contributed by atoms with Gasteiger partial charge in [0.05, 0.1) is 11.4 Å². The highest BCUT2D eigenvalue weighted by Crippen LogP contribution is 2.32. The molecule has 1 fully saturated rings. The van der Waals surface area contributed by atoms with Crippen LogP contribution in [0.3, 0.4) is 0 Å². The Hall–Kier alpha value is -2.01. The van der Waals surface area contributed by atoms with Crippen molar-refractivity contribution >= 4 is 5.69 Å². The Balaban J connectivity index is 1.63. The van der Waals surface area contributed by atoms with Gasteiger partial charge in [0.15, 0.2) is 0 Å². The molecule has 0 bridgehead atoms. The summed E-state index contributed by atoms with van der Waals surface area (Å²) >= 11 is 0. The molecule has 4 nitrogen and oxygen atoms in total. The average Bonchev–Trinajstić information content (AvgIpc) is 2.53. The van der Waals surface area contributed by atoms with Gasteiger partial charge >= 0.3 is 0 Å². The molecule has 1 aromatic heterocycles. The summed E-state index contributed by atoms with van der Waals surface area (Å²) in [6.45, 7) is 4.83. The fraction of sp³-hybridized carbons (Fsp3) is 0.412. The van der Waals surface area contributed by atoms with Crippen molar-refractivity contribution in [3.05, 3.63) is 53.4 Å².